The third kappa shape index (κ3) is 3.62. The van der Waals surface area contributed by atoms with Gasteiger partial charge in [0, 0.05) is 23.9 Å². The molecule has 2 aliphatic heterocycles. The van der Waals surface area contributed by atoms with E-state index >= 15 is 0 Å². The van der Waals surface area contributed by atoms with Gasteiger partial charge in [0.1, 0.15) is 16.8 Å². The average molecular weight is 452 g/mol. The molecule has 0 radical (unpaired) electrons. The summed E-state index contributed by atoms with van der Waals surface area (Å²) in [5, 5.41) is 2.99. The Hall–Kier alpha value is -3.67. The highest BCUT2D eigenvalue weighted by molar-refractivity contribution is 8.02. The quantitative estimate of drug-likeness (QED) is 0.311. The molecule has 2 aliphatic rings. The number of aromatic nitrogens is 2. The first-order valence-electron chi connectivity index (χ1n) is 9.79. The molecule has 3 aromatic rings. The monoisotopic (exact) mass is 451 g/mol. The number of nitrogens with one attached hydrogen (secondary N) is 6. The smallest absolute Gasteiger partial charge is 0.265 e. The van der Waals surface area contributed by atoms with Gasteiger partial charge >= 0.3 is 0 Å². The zero-order valence-electron chi connectivity index (χ0n) is 17.3. The number of hydrogen-bond donors (Lipinski definition) is 6. The zero-order chi connectivity index (χ0) is 22.1. The Labute approximate surface area is 187 Å². The molecule has 32 heavy (non-hydrogen) atoms. The van der Waals surface area contributed by atoms with E-state index in [0.29, 0.717) is 27.9 Å². The standard InChI is InChI=1S/C21H21N7O3S/c1-30-15-8-12-13(9-16(15)31-2)24-20(23-12)18-14(10-22-26-18)25-21(29)19-17(27-28-32-19)11-6-4-3-5-7-11/h3-10,18,22,26-28H,1-2H3,(H,23,24)(H,25,29). The summed E-state index contributed by atoms with van der Waals surface area (Å²) >= 11 is 1.23. The number of methoxy groups -OCH3 is 2. The summed E-state index contributed by atoms with van der Waals surface area (Å²) < 4.78 is 10.7. The molecule has 1 unspecified atom stereocenters. The normalized spacial score (nSPS) is 17.7. The van der Waals surface area contributed by atoms with E-state index < -0.39 is 0 Å². The number of carbonyl (C=O) groups is 1. The highest BCUT2D eigenvalue weighted by atomic mass is 32.2. The van der Waals surface area contributed by atoms with E-state index in [0.717, 1.165) is 22.3 Å². The van der Waals surface area contributed by atoms with Crippen LogP contribution in [0.15, 0.2) is 59.3 Å². The van der Waals surface area contributed by atoms with Crippen LogP contribution in [0.3, 0.4) is 0 Å². The summed E-state index contributed by atoms with van der Waals surface area (Å²) in [6.07, 6.45) is 1.71. The van der Waals surface area contributed by atoms with Gasteiger partial charge in [-0.1, -0.05) is 30.3 Å². The van der Waals surface area contributed by atoms with Crippen LogP contribution in [-0.4, -0.2) is 30.1 Å². The number of aromatic amines is 1. The lowest BCUT2D eigenvalue weighted by Crippen LogP contribution is -2.31. The van der Waals surface area contributed by atoms with Gasteiger partial charge in [-0.3, -0.25) is 4.79 Å². The Morgan fingerprint density at radius 1 is 1.12 bits per heavy atom. The summed E-state index contributed by atoms with van der Waals surface area (Å²) in [5.74, 6) is 1.61. The number of ether oxygens (including phenoxy) is 2. The summed E-state index contributed by atoms with van der Waals surface area (Å²) in [6.45, 7) is 0. The first kappa shape index (κ1) is 20.2. The molecule has 1 amide bonds. The first-order chi connectivity index (χ1) is 15.7. The zero-order valence-corrected chi connectivity index (χ0v) is 18.1. The third-order valence-electron chi connectivity index (χ3n) is 5.13. The Kier molecular flexibility index (Phi) is 5.35. The fraction of sp³-hybridized carbons (Fsp3) is 0.143. The summed E-state index contributed by atoms with van der Waals surface area (Å²) in [6, 6.07) is 12.9. The molecule has 0 saturated heterocycles. The van der Waals surface area contributed by atoms with E-state index in [1.54, 1.807) is 20.4 Å². The van der Waals surface area contributed by atoms with Crippen LogP contribution in [-0.2, 0) is 4.79 Å². The van der Waals surface area contributed by atoms with Crippen molar-refractivity contribution in [1.82, 2.24) is 36.4 Å². The predicted molar refractivity (Wildman–Crippen MR) is 122 cm³/mol. The van der Waals surface area contributed by atoms with Gasteiger partial charge < -0.3 is 30.6 Å². The molecule has 2 aromatic carbocycles. The molecule has 6 N–H and O–H groups in total. The van der Waals surface area contributed by atoms with E-state index in [1.165, 1.54) is 11.9 Å². The van der Waals surface area contributed by atoms with Crippen LogP contribution in [0.5, 0.6) is 11.5 Å². The molecule has 1 atom stereocenters. The number of nitrogens with zero attached hydrogens (tertiary/aromatic N) is 1. The lowest BCUT2D eigenvalue weighted by atomic mass is 10.1. The maximum Gasteiger partial charge on any atom is 0.265 e. The van der Waals surface area contributed by atoms with Gasteiger partial charge in [-0.2, -0.15) is 4.83 Å². The molecular weight excluding hydrogens is 430 g/mol. The minimum Gasteiger partial charge on any atom is -0.493 e. The summed E-state index contributed by atoms with van der Waals surface area (Å²) in [7, 11) is 3.17. The van der Waals surface area contributed by atoms with Gasteiger partial charge in [-0.05, 0) is 11.9 Å². The predicted octanol–water partition coefficient (Wildman–Crippen LogP) is 1.81. The molecule has 1 aromatic heterocycles. The molecule has 164 valence electrons. The molecule has 10 nitrogen and oxygen atoms in total. The van der Waals surface area contributed by atoms with Gasteiger partial charge in [0.25, 0.3) is 5.91 Å². The van der Waals surface area contributed by atoms with Crippen LogP contribution < -0.4 is 35.9 Å². The van der Waals surface area contributed by atoms with E-state index in [2.05, 4.69) is 36.4 Å². The molecule has 5 rings (SSSR count). The number of hydrogen-bond acceptors (Lipinski definition) is 9. The first-order valence-corrected chi connectivity index (χ1v) is 10.6. The van der Waals surface area contributed by atoms with E-state index in [9.17, 15) is 4.79 Å². The van der Waals surface area contributed by atoms with Gasteiger partial charge in [-0.15, -0.1) is 0 Å². The van der Waals surface area contributed by atoms with Crippen LogP contribution >= 0.6 is 11.9 Å². The van der Waals surface area contributed by atoms with E-state index in [1.807, 2.05) is 42.5 Å². The van der Waals surface area contributed by atoms with Gasteiger partial charge in [0.15, 0.2) is 11.5 Å². The lowest BCUT2D eigenvalue weighted by Gasteiger charge is -2.13. The molecular formula is C21H21N7O3S. The second kappa shape index (κ2) is 8.46. The Balaban J connectivity index is 1.40. The van der Waals surface area contributed by atoms with Crippen molar-refractivity contribution in [3.8, 4) is 11.5 Å². The second-order valence-electron chi connectivity index (χ2n) is 7.02. The number of rotatable bonds is 6. The fourth-order valence-electron chi connectivity index (χ4n) is 3.57. The van der Waals surface area contributed by atoms with Crippen molar-refractivity contribution in [2.75, 3.05) is 14.2 Å². The van der Waals surface area contributed by atoms with Crippen LogP contribution in [0.25, 0.3) is 16.7 Å². The fourth-order valence-corrected chi connectivity index (χ4v) is 4.24. The molecule has 3 heterocycles. The van der Waals surface area contributed by atoms with Gasteiger partial charge in [0.05, 0.1) is 36.6 Å². The van der Waals surface area contributed by atoms with Gasteiger partial charge in [-0.25, -0.2) is 10.4 Å². The third-order valence-corrected chi connectivity index (χ3v) is 5.93. The average Bonchev–Trinajstić information content (AvgIpc) is 3.57. The summed E-state index contributed by atoms with van der Waals surface area (Å²) in [4.78, 5) is 24.5. The van der Waals surface area contributed by atoms with Crippen molar-refractivity contribution >= 4 is 34.6 Å². The minimum absolute atomic E-state index is 0.229. The minimum atomic E-state index is -0.378. The van der Waals surface area contributed by atoms with Crippen LogP contribution in [0, 0.1) is 0 Å². The highest BCUT2D eigenvalue weighted by Crippen LogP contribution is 2.33. The maximum atomic E-state index is 13.1. The Morgan fingerprint density at radius 2 is 1.91 bits per heavy atom. The van der Waals surface area contributed by atoms with Crippen LogP contribution in [0.2, 0.25) is 0 Å². The summed E-state index contributed by atoms with van der Waals surface area (Å²) in [5.41, 5.74) is 12.9. The molecule has 0 spiro atoms. The molecule has 0 fully saturated rings. The number of imidazole rings is 1. The van der Waals surface area contributed by atoms with Crippen LogP contribution in [0.4, 0.5) is 0 Å². The van der Waals surface area contributed by atoms with Crippen molar-refractivity contribution in [1.29, 1.82) is 0 Å². The highest BCUT2D eigenvalue weighted by Gasteiger charge is 2.29. The van der Waals surface area contributed by atoms with Crippen LogP contribution in [0.1, 0.15) is 17.4 Å². The largest absolute Gasteiger partial charge is 0.493 e. The number of H-pyrrole nitrogens is 1. The lowest BCUT2D eigenvalue weighted by molar-refractivity contribution is -0.116. The molecule has 11 heteroatoms. The Morgan fingerprint density at radius 3 is 2.69 bits per heavy atom. The number of hydrazine groups is 2. The van der Waals surface area contributed by atoms with Crippen molar-refractivity contribution in [2.24, 2.45) is 0 Å². The van der Waals surface area contributed by atoms with E-state index in [4.69, 9.17) is 9.47 Å². The van der Waals surface area contributed by atoms with Crippen molar-refractivity contribution in [2.45, 2.75) is 6.04 Å². The van der Waals surface area contributed by atoms with Crippen molar-refractivity contribution in [3.63, 3.8) is 0 Å². The topological polar surface area (TPSA) is 124 Å². The van der Waals surface area contributed by atoms with E-state index in [-0.39, 0.29) is 11.9 Å². The molecule has 0 aliphatic carbocycles. The number of amides is 1. The number of fused-ring (bicyclic) bond motifs is 1. The van der Waals surface area contributed by atoms with Crippen molar-refractivity contribution in [3.05, 3.63) is 70.7 Å². The molecule has 0 bridgehead atoms. The number of benzene rings is 2. The SMILES string of the molecule is COc1cc2nc(C3NNC=C3NC(=O)C3=C(c4ccccc4)NNS3)[nH]c2cc1OC. The molecule has 0 saturated carbocycles. The maximum absolute atomic E-state index is 13.1. The Bertz CT molecular complexity index is 1200. The van der Waals surface area contributed by atoms with Crippen molar-refractivity contribution < 1.29 is 14.3 Å². The second-order valence-corrected chi connectivity index (χ2v) is 7.84. The number of carbonyl (C=O) groups excluding carboxylic acids is 1. The van der Waals surface area contributed by atoms with Gasteiger partial charge in [0.2, 0.25) is 0 Å².